The van der Waals surface area contributed by atoms with E-state index in [0.717, 1.165) is 6.42 Å². The van der Waals surface area contributed by atoms with Gasteiger partial charge in [-0.15, -0.1) is 0 Å². The van der Waals surface area contributed by atoms with E-state index in [1.165, 1.54) is 30.5 Å². The Balaban J connectivity index is 2.84. The summed E-state index contributed by atoms with van der Waals surface area (Å²) in [5, 5.41) is 0. The summed E-state index contributed by atoms with van der Waals surface area (Å²) in [4.78, 5) is 3.10. The van der Waals surface area contributed by atoms with Crippen LogP contribution in [0.15, 0.2) is 18.5 Å². The molecule has 0 aliphatic carbocycles. The molecule has 0 aliphatic rings. The Morgan fingerprint density at radius 3 is 3.00 bits per heavy atom. The quantitative estimate of drug-likeness (QED) is 0.877. The normalized spacial score (nSPS) is 10.6. The summed E-state index contributed by atoms with van der Waals surface area (Å²) < 4.78 is 2.12. The summed E-state index contributed by atoms with van der Waals surface area (Å²) in [6.07, 6.45) is 9.43. The van der Waals surface area contributed by atoms with Crippen molar-refractivity contribution in [3.05, 3.63) is 29.6 Å². The molecular weight excluding hydrogens is 306 g/mol. The summed E-state index contributed by atoms with van der Waals surface area (Å²) in [5.41, 5.74) is 2.70. The van der Waals surface area contributed by atoms with E-state index >= 15 is 0 Å². The maximum atomic E-state index is 3.10. The zero-order valence-corrected chi connectivity index (χ0v) is 9.44. The van der Waals surface area contributed by atoms with Gasteiger partial charge in [0.05, 0.1) is 0 Å². The van der Waals surface area contributed by atoms with Crippen LogP contribution < -0.4 is 0 Å². The van der Waals surface area contributed by atoms with Gasteiger partial charge in [0.15, 0.2) is 0 Å². The van der Waals surface area contributed by atoms with E-state index in [4.69, 9.17) is 0 Å². The van der Waals surface area contributed by atoms with Gasteiger partial charge in [0, 0.05) is 0 Å². The third-order valence-corrected chi connectivity index (χ3v) is 2.17. The number of H-pyrrole nitrogens is 1. The average molecular weight is 317 g/mol. The van der Waals surface area contributed by atoms with Crippen molar-refractivity contribution in [2.24, 2.45) is 0 Å². The van der Waals surface area contributed by atoms with E-state index in [2.05, 4.69) is 34.7 Å². The van der Waals surface area contributed by atoms with Gasteiger partial charge >= 0.3 is 77.8 Å². The van der Waals surface area contributed by atoms with Gasteiger partial charge in [-0.2, -0.15) is 0 Å². The van der Waals surface area contributed by atoms with Crippen LogP contribution in [0.4, 0.5) is 0 Å². The first-order chi connectivity index (χ1) is 5.38. The molecule has 0 spiro atoms. The molecule has 2 heteroatoms. The fraction of sp³-hybridized carbons (Fsp3) is 0.222. The van der Waals surface area contributed by atoms with Crippen molar-refractivity contribution in [1.82, 2.24) is 4.98 Å². The van der Waals surface area contributed by atoms with Crippen LogP contribution in [-0.2, 0) is 25.8 Å². The number of rotatable bonds is 3. The first-order valence-corrected chi connectivity index (χ1v) is 5.35. The van der Waals surface area contributed by atoms with Crippen molar-refractivity contribution in [2.75, 3.05) is 0 Å². The van der Waals surface area contributed by atoms with Gasteiger partial charge in [-0.1, -0.05) is 0 Å². The number of aryl methyl sites for hydroxylation is 1. The Kier molecular flexibility index (Phi) is 3.51. The van der Waals surface area contributed by atoms with Crippen LogP contribution in [-0.4, -0.2) is 9.38 Å². The predicted molar refractivity (Wildman–Crippen MR) is 45.3 cm³/mol. The van der Waals surface area contributed by atoms with Crippen LogP contribution in [0.1, 0.15) is 18.1 Å². The number of aromatic amines is 1. The van der Waals surface area contributed by atoms with E-state index in [0.29, 0.717) is 0 Å². The second-order valence-corrected chi connectivity index (χ2v) is 3.26. The molecule has 0 aliphatic heterocycles. The Bertz CT molecular complexity index is 260. The predicted octanol–water partition coefficient (Wildman–Crippen LogP) is 1.94. The van der Waals surface area contributed by atoms with Gasteiger partial charge in [-0.3, -0.25) is 0 Å². The molecule has 0 aromatic carbocycles. The van der Waals surface area contributed by atoms with E-state index in [1.54, 1.807) is 0 Å². The molecule has 0 bridgehead atoms. The van der Waals surface area contributed by atoms with Crippen molar-refractivity contribution in [3.63, 3.8) is 0 Å². The molecule has 1 rings (SSSR count). The average Bonchev–Trinajstić information content (AvgIpc) is 2.47. The first kappa shape index (κ1) is 8.67. The molecule has 0 radical (unpaired) electrons. The van der Waals surface area contributed by atoms with Crippen molar-refractivity contribution < 1.29 is 19.4 Å². The van der Waals surface area contributed by atoms with Gasteiger partial charge < -0.3 is 0 Å². The van der Waals surface area contributed by atoms with Crippen LogP contribution in [0.2, 0.25) is 0 Å². The van der Waals surface area contributed by atoms with E-state index in [-0.39, 0.29) is 0 Å². The number of allylic oxidation sites excluding steroid dienone is 1. The Hall–Kier alpha value is -0.422. The molecule has 1 aromatic rings. The van der Waals surface area contributed by atoms with Crippen LogP contribution in [0, 0.1) is 0 Å². The molecule has 0 saturated heterocycles. The Morgan fingerprint density at radius 2 is 2.36 bits per heavy atom. The molecule has 0 atom stereocenters. The maximum absolute atomic E-state index is 3.10. The summed E-state index contributed by atoms with van der Waals surface area (Å²) in [7, 11) is 0. The third kappa shape index (κ3) is 2.27. The summed E-state index contributed by atoms with van der Waals surface area (Å²) in [5.74, 6) is 0. The van der Waals surface area contributed by atoms with Crippen LogP contribution in [0.3, 0.4) is 0 Å². The van der Waals surface area contributed by atoms with Gasteiger partial charge in [0.2, 0.25) is 0 Å². The number of hydrogen-bond donors (Lipinski definition) is 1. The number of hydrogen-bond acceptors (Lipinski definition) is 0. The first-order valence-electron chi connectivity index (χ1n) is 3.66. The van der Waals surface area contributed by atoms with Crippen molar-refractivity contribution in [3.8, 4) is 0 Å². The molecule has 11 heavy (non-hydrogen) atoms. The van der Waals surface area contributed by atoms with Crippen molar-refractivity contribution >= 4 is 10.5 Å². The molecule has 1 N–H and O–H groups in total. The van der Waals surface area contributed by atoms with E-state index < -0.39 is 0 Å². The minimum absolute atomic E-state index is 1.10. The standard InChI is InChI=1S/C9H11N.W/c1-3-5-9-7-10-6-8(9)4-2;/h1,3,5-7,10H,4H2,2H3;/b5-3-;. The third-order valence-electron chi connectivity index (χ3n) is 1.60. The summed E-state index contributed by atoms with van der Waals surface area (Å²) in [6.45, 7) is 2.17. The Morgan fingerprint density at radius 1 is 1.55 bits per heavy atom. The van der Waals surface area contributed by atoms with Crippen LogP contribution in [0.5, 0.6) is 0 Å². The second-order valence-electron chi connectivity index (χ2n) is 2.28. The van der Waals surface area contributed by atoms with Gasteiger partial charge in [0.1, 0.15) is 0 Å². The molecule has 58 valence electrons. The summed E-state index contributed by atoms with van der Waals surface area (Å²) >= 11 is 1.49. The Labute approximate surface area is 77.9 Å². The fourth-order valence-corrected chi connectivity index (χ4v) is 1.29. The molecule has 0 fully saturated rings. The molecule has 1 heterocycles. The van der Waals surface area contributed by atoms with Gasteiger partial charge in [-0.05, 0) is 0 Å². The molecule has 0 unspecified atom stereocenters. The summed E-state index contributed by atoms with van der Waals surface area (Å²) in [6, 6.07) is 0. The second kappa shape index (κ2) is 4.46. The van der Waals surface area contributed by atoms with Crippen molar-refractivity contribution in [2.45, 2.75) is 13.3 Å². The SMILES string of the molecule is CCc1c[nH]cc1/C=C\[CH]=[W]. The van der Waals surface area contributed by atoms with Gasteiger partial charge in [0.25, 0.3) is 0 Å². The van der Waals surface area contributed by atoms with E-state index in [9.17, 15) is 0 Å². The number of nitrogens with one attached hydrogen (secondary N) is 1. The fourth-order valence-electron chi connectivity index (χ4n) is 1.01. The molecule has 1 aromatic heterocycles. The van der Waals surface area contributed by atoms with Crippen LogP contribution in [0.25, 0.3) is 6.08 Å². The van der Waals surface area contributed by atoms with Crippen molar-refractivity contribution in [1.29, 1.82) is 0 Å². The van der Waals surface area contributed by atoms with Crippen LogP contribution >= 0.6 is 0 Å². The number of aromatic nitrogens is 1. The van der Waals surface area contributed by atoms with Gasteiger partial charge in [-0.25, -0.2) is 0 Å². The monoisotopic (exact) mass is 317 g/mol. The zero-order valence-electron chi connectivity index (χ0n) is 6.50. The topological polar surface area (TPSA) is 15.8 Å². The molecule has 0 amide bonds. The molecular formula is C9H11NW. The molecule has 0 saturated carbocycles. The zero-order chi connectivity index (χ0) is 8.10. The minimum atomic E-state index is 1.10. The molecule has 1 nitrogen and oxygen atoms in total. The van der Waals surface area contributed by atoms with E-state index in [1.807, 2.05) is 6.20 Å².